The summed E-state index contributed by atoms with van der Waals surface area (Å²) >= 11 is 1.37. The van der Waals surface area contributed by atoms with Crippen LogP contribution in [0, 0.1) is 0 Å². The van der Waals surface area contributed by atoms with E-state index in [0.29, 0.717) is 28.8 Å². The SMILES string of the molecule is CCn1nnnc1COc1cccc(C(=O)Nc2nnc(C(C)C)s2)c1. The highest BCUT2D eigenvalue weighted by molar-refractivity contribution is 7.15. The first kappa shape index (κ1) is 17.9. The summed E-state index contributed by atoms with van der Waals surface area (Å²) in [4.78, 5) is 12.4. The molecule has 0 aliphatic heterocycles. The summed E-state index contributed by atoms with van der Waals surface area (Å²) in [7, 11) is 0. The molecule has 3 rings (SSSR count). The molecular formula is C16H19N7O2S. The van der Waals surface area contributed by atoms with Crippen LogP contribution in [-0.2, 0) is 13.2 Å². The van der Waals surface area contributed by atoms with Crippen LogP contribution >= 0.6 is 11.3 Å². The largest absolute Gasteiger partial charge is 0.486 e. The molecule has 0 bridgehead atoms. The van der Waals surface area contributed by atoms with Gasteiger partial charge in [0.2, 0.25) is 5.13 Å². The van der Waals surface area contributed by atoms with E-state index >= 15 is 0 Å². The van der Waals surface area contributed by atoms with Crippen LogP contribution in [0.2, 0.25) is 0 Å². The molecule has 136 valence electrons. The molecule has 1 N–H and O–H groups in total. The molecule has 26 heavy (non-hydrogen) atoms. The van der Waals surface area contributed by atoms with Crippen LogP contribution in [0.4, 0.5) is 5.13 Å². The first-order valence-electron chi connectivity index (χ1n) is 8.19. The van der Waals surface area contributed by atoms with Gasteiger partial charge in [-0.2, -0.15) is 0 Å². The summed E-state index contributed by atoms with van der Waals surface area (Å²) < 4.78 is 7.35. The number of hydrogen-bond acceptors (Lipinski definition) is 8. The number of hydrogen-bond donors (Lipinski definition) is 1. The van der Waals surface area contributed by atoms with E-state index in [1.807, 2.05) is 20.8 Å². The quantitative estimate of drug-likeness (QED) is 0.678. The van der Waals surface area contributed by atoms with Gasteiger partial charge >= 0.3 is 0 Å². The molecule has 0 spiro atoms. The highest BCUT2D eigenvalue weighted by atomic mass is 32.1. The van der Waals surface area contributed by atoms with E-state index in [1.165, 1.54) is 11.3 Å². The van der Waals surface area contributed by atoms with E-state index < -0.39 is 0 Å². The molecule has 0 aliphatic carbocycles. The highest BCUT2D eigenvalue weighted by Gasteiger charge is 2.13. The van der Waals surface area contributed by atoms with Crippen LogP contribution in [0.15, 0.2) is 24.3 Å². The van der Waals surface area contributed by atoms with E-state index in [4.69, 9.17) is 4.74 Å². The fourth-order valence-electron chi connectivity index (χ4n) is 2.13. The molecule has 0 unspecified atom stereocenters. The maximum Gasteiger partial charge on any atom is 0.257 e. The molecule has 0 radical (unpaired) electrons. The number of carbonyl (C=O) groups excluding carboxylic acids is 1. The predicted molar refractivity (Wildman–Crippen MR) is 96.2 cm³/mol. The summed E-state index contributed by atoms with van der Waals surface area (Å²) in [6, 6.07) is 6.91. The van der Waals surface area contributed by atoms with Crippen molar-refractivity contribution in [3.05, 3.63) is 40.7 Å². The number of ether oxygens (including phenoxy) is 1. The first-order valence-corrected chi connectivity index (χ1v) is 9.01. The molecule has 1 amide bonds. The van der Waals surface area contributed by atoms with Gasteiger partial charge in [0.15, 0.2) is 5.82 Å². The Labute approximate surface area is 154 Å². The van der Waals surface area contributed by atoms with E-state index in [9.17, 15) is 4.79 Å². The van der Waals surface area contributed by atoms with Gasteiger partial charge in [-0.25, -0.2) is 4.68 Å². The number of tetrazole rings is 1. The second-order valence-corrected chi connectivity index (χ2v) is 6.79. The molecule has 0 fully saturated rings. The Hall–Kier alpha value is -2.88. The lowest BCUT2D eigenvalue weighted by molar-refractivity contribution is 0.102. The minimum absolute atomic E-state index is 0.222. The Bertz CT molecular complexity index is 890. The van der Waals surface area contributed by atoms with Crippen molar-refractivity contribution in [1.82, 2.24) is 30.4 Å². The number of nitrogens with zero attached hydrogens (tertiary/aromatic N) is 6. The molecule has 1 aromatic carbocycles. The third kappa shape index (κ3) is 4.20. The van der Waals surface area contributed by atoms with Crippen molar-refractivity contribution < 1.29 is 9.53 Å². The topological polar surface area (TPSA) is 108 Å². The fourth-order valence-corrected chi connectivity index (χ4v) is 2.88. The zero-order valence-electron chi connectivity index (χ0n) is 14.7. The van der Waals surface area contributed by atoms with E-state index in [0.717, 1.165) is 5.01 Å². The first-order chi connectivity index (χ1) is 12.6. The van der Waals surface area contributed by atoms with Crippen molar-refractivity contribution in [2.75, 3.05) is 5.32 Å². The monoisotopic (exact) mass is 373 g/mol. The predicted octanol–water partition coefficient (Wildman–Crippen LogP) is 2.50. The molecule has 10 heteroatoms. The average Bonchev–Trinajstić information content (AvgIpc) is 3.29. The summed E-state index contributed by atoms with van der Waals surface area (Å²) in [6.07, 6.45) is 0. The Morgan fingerprint density at radius 1 is 1.31 bits per heavy atom. The number of aryl methyl sites for hydroxylation is 1. The van der Waals surface area contributed by atoms with E-state index in [-0.39, 0.29) is 18.4 Å². The molecule has 0 atom stereocenters. The van der Waals surface area contributed by atoms with E-state index in [1.54, 1.807) is 28.9 Å². The number of anilines is 1. The second kappa shape index (κ2) is 8.00. The third-order valence-electron chi connectivity index (χ3n) is 3.52. The Balaban J connectivity index is 1.65. The van der Waals surface area contributed by atoms with Crippen molar-refractivity contribution in [2.45, 2.75) is 39.8 Å². The van der Waals surface area contributed by atoms with Crippen LogP contribution in [0.25, 0.3) is 0 Å². The summed E-state index contributed by atoms with van der Waals surface area (Å²) in [5.74, 6) is 1.19. The fraction of sp³-hybridized carbons (Fsp3) is 0.375. The molecule has 0 aliphatic rings. The minimum Gasteiger partial charge on any atom is -0.486 e. The van der Waals surface area contributed by atoms with E-state index in [2.05, 4.69) is 31.0 Å². The minimum atomic E-state index is -0.264. The van der Waals surface area contributed by atoms with Crippen LogP contribution in [0.1, 0.15) is 47.9 Å². The molecule has 0 saturated carbocycles. The van der Waals surface area contributed by atoms with Gasteiger partial charge in [-0.05, 0) is 35.5 Å². The maximum absolute atomic E-state index is 12.4. The zero-order valence-corrected chi connectivity index (χ0v) is 15.5. The molecule has 0 saturated heterocycles. The molecule has 3 aromatic rings. The van der Waals surface area contributed by atoms with Crippen LogP contribution in [0.5, 0.6) is 5.75 Å². The Kier molecular flexibility index (Phi) is 5.52. The number of benzene rings is 1. The van der Waals surface area contributed by atoms with Crippen molar-refractivity contribution >= 4 is 22.4 Å². The maximum atomic E-state index is 12.4. The number of nitrogens with one attached hydrogen (secondary N) is 1. The number of amides is 1. The average molecular weight is 373 g/mol. The third-order valence-corrected chi connectivity index (χ3v) is 4.66. The number of rotatable bonds is 7. The van der Waals surface area contributed by atoms with Crippen molar-refractivity contribution in [3.8, 4) is 5.75 Å². The zero-order chi connectivity index (χ0) is 18.5. The Morgan fingerprint density at radius 3 is 2.88 bits per heavy atom. The van der Waals surface area contributed by atoms with Gasteiger partial charge < -0.3 is 4.74 Å². The van der Waals surface area contributed by atoms with Gasteiger partial charge in [0.25, 0.3) is 5.91 Å². The number of carbonyl (C=O) groups is 1. The standard InChI is InChI=1S/C16H19N7O2S/c1-4-23-13(18-21-22-23)9-25-12-7-5-6-11(8-12)14(24)17-16-20-19-15(26-16)10(2)3/h5-8,10H,4,9H2,1-3H3,(H,17,20,24). The highest BCUT2D eigenvalue weighted by Crippen LogP contribution is 2.23. The molecule has 2 aromatic heterocycles. The van der Waals surface area contributed by atoms with Crippen molar-refractivity contribution in [1.29, 1.82) is 0 Å². The van der Waals surface area contributed by atoms with Gasteiger partial charge in [0, 0.05) is 18.0 Å². The van der Waals surface area contributed by atoms with Gasteiger partial charge in [-0.1, -0.05) is 31.3 Å². The van der Waals surface area contributed by atoms with Crippen molar-refractivity contribution in [3.63, 3.8) is 0 Å². The van der Waals surface area contributed by atoms with Gasteiger partial charge in [0.1, 0.15) is 17.4 Å². The second-order valence-electron chi connectivity index (χ2n) is 5.78. The summed E-state index contributed by atoms with van der Waals surface area (Å²) in [5, 5.41) is 23.6. The van der Waals surface area contributed by atoms with Gasteiger partial charge in [-0.15, -0.1) is 15.3 Å². The lowest BCUT2D eigenvalue weighted by Gasteiger charge is -2.07. The normalized spacial score (nSPS) is 10.9. The lowest BCUT2D eigenvalue weighted by atomic mass is 10.2. The summed E-state index contributed by atoms with van der Waals surface area (Å²) in [6.45, 7) is 6.89. The van der Waals surface area contributed by atoms with Crippen LogP contribution < -0.4 is 10.1 Å². The molecular weight excluding hydrogens is 354 g/mol. The van der Waals surface area contributed by atoms with Gasteiger partial charge in [-0.3, -0.25) is 10.1 Å². The Morgan fingerprint density at radius 2 is 2.15 bits per heavy atom. The summed E-state index contributed by atoms with van der Waals surface area (Å²) in [5.41, 5.74) is 0.471. The van der Waals surface area contributed by atoms with Crippen LogP contribution in [0.3, 0.4) is 0 Å². The lowest BCUT2D eigenvalue weighted by Crippen LogP contribution is -2.12. The molecule has 9 nitrogen and oxygen atoms in total. The van der Waals surface area contributed by atoms with Crippen molar-refractivity contribution in [2.24, 2.45) is 0 Å². The smallest absolute Gasteiger partial charge is 0.257 e. The number of aromatic nitrogens is 6. The van der Waals surface area contributed by atoms with Crippen LogP contribution in [-0.4, -0.2) is 36.3 Å². The molecule has 2 heterocycles. The van der Waals surface area contributed by atoms with Gasteiger partial charge in [0.05, 0.1) is 0 Å².